The Balaban J connectivity index is 2.48. The van der Waals surface area contributed by atoms with E-state index in [1.54, 1.807) is 0 Å². The second kappa shape index (κ2) is 8.66. The zero-order valence-corrected chi connectivity index (χ0v) is 11.8. The predicted molar refractivity (Wildman–Crippen MR) is 74.1 cm³/mol. The molecule has 0 saturated heterocycles. The molecule has 1 aromatic carbocycles. The van der Waals surface area contributed by atoms with E-state index in [4.69, 9.17) is 10.00 Å². The van der Waals surface area contributed by atoms with Crippen LogP contribution in [0.3, 0.4) is 0 Å². The Labute approximate surface area is 115 Å². The summed E-state index contributed by atoms with van der Waals surface area (Å²) in [6, 6.07) is 6.25. The first-order valence-corrected chi connectivity index (χ1v) is 6.97. The largest absolute Gasteiger partial charge is 0.376 e. The van der Waals surface area contributed by atoms with Crippen LogP contribution in [0.2, 0.25) is 0 Å². The molecule has 0 aliphatic heterocycles. The van der Waals surface area contributed by atoms with Gasteiger partial charge in [0.2, 0.25) is 0 Å². The lowest BCUT2D eigenvalue weighted by Gasteiger charge is -2.15. The summed E-state index contributed by atoms with van der Waals surface area (Å²) in [4.78, 5) is 0. The van der Waals surface area contributed by atoms with Crippen LogP contribution in [0.4, 0.5) is 4.39 Å². The lowest BCUT2D eigenvalue weighted by atomic mass is 10.0. The van der Waals surface area contributed by atoms with E-state index >= 15 is 0 Å². The van der Waals surface area contributed by atoms with Gasteiger partial charge in [-0.05, 0) is 36.1 Å². The highest BCUT2D eigenvalue weighted by Crippen LogP contribution is 2.16. The fourth-order valence-corrected chi connectivity index (χ4v) is 2.02. The maximum atomic E-state index is 13.1. The average Bonchev–Trinajstić information content (AvgIpc) is 2.43. The molecule has 19 heavy (non-hydrogen) atoms. The van der Waals surface area contributed by atoms with Crippen LogP contribution in [-0.2, 0) is 11.3 Å². The van der Waals surface area contributed by atoms with Crippen LogP contribution >= 0.6 is 0 Å². The number of unbranched alkanes of at least 4 members (excludes halogenated alkanes) is 1. The standard InChI is InChI=1S/C16H22FNO/c1-3-5-6-13(4-2)11-19-12-15-9-16(17)8-7-14(15)10-18/h7-9,13H,3-6,11-12H2,1-2H3. The smallest absolute Gasteiger partial charge is 0.123 e. The molecule has 0 amide bonds. The molecule has 0 N–H and O–H groups in total. The van der Waals surface area contributed by atoms with Gasteiger partial charge in [0.05, 0.1) is 18.2 Å². The molecule has 0 bridgehead atoms. The summed E-state index contributed by atoms with van der Waals surface area (Å²) in [5.74, 6) is 0.231. The summed E-state index contributed by atoms with van der Waals surface area (Å²) >= 11 is 0. The van der Waals surface area contributed by atoms with Crippen molar-refractivity contribution in [3.05, 3.63) is 35.1 Å². The first kappa shape index (κ1) is 15.7. The van der Waals surface area contributed by atoms with Gasteiger partial charge in [0.1, 0.15) is 5.82 Å². The lowest BCUT2D eigenvalue weighted by Crippen LogP contribution is -2.09. The molecular weight excluding hydrogens is 241 g/mol. The normalized spacial score (nSPS) is 12.1. The summed E-state index contributed by atoms with van der Waals surface area (Å²) in [6.07, 6.45) is 4.67. The van der Waals surface area contributed by atoms with E-state index in [-0.39, 0.29) is 5.82 Å². The highest BCUT2D eigenvalue weighted by atomic mass is 19.1. The monoisotopic (exact) mass is 263 g/mol. The minimum atomic E-state index is -0.323. The van der Waals surface area contributed by atoms with Gasteiger partial charge in [-0.25, -0.2) is 4.39 Å². The number of nitrogens with zero attached hydrogens (tertiary/aromatic N) is 1. The van der Waals surface area contributed by atoms with Crippen LogP contribution in [0, 0.1) is 23.1 Å². The molecule has 0 radical (unpaired) electrons. The van der Waals surface area contributed by atoms with E-state index in [2.05, 4.69) is 19.9 Å². The first-order valence-electron chi connectivity index (χ1n) is 6.97. The predicted octanol–water partition coefficient (Wildman–Crippen LogP) is 4.43. The van der Waals surface area contributed by atoms with Crippen molar-refractivity contribution in [2.24, 2.45) is 5.92 Å². The molecule has 0 aromatic heterocycles. The second-order valence-electron chi connectivity index (χ2n) is 4.84. The van der Waals surface area contributed by atoms with Crippen molar-refractivity contribution >= 4 is 0 Å². The fraction of sp³-hybridized carbons (Fsp3) is 0.562. The number of ether oxygens (including phenoxy) is 1. The summed E-state index contributed by atoms with van der Waals surface area (Å²) < 4.78 is 18.8. The Morgan fingerprint density at radius 2 is 2.16 bits per heavy atom. The third kappa shape index (κ3) is 5.40. The van der Waals surface area contributed by atoms with Crippen molar-refractivity contribution in [3.63, 3.8) is 0 Å². The van der Waals surface area contributed by atoms with Gasteiger partial charge in [-0.2, -0.15) is 5.26 Å². The van der Waals surface area contributed by atoms with Crippen LogP contribution in [-0.4, -0.2) is 6.61 Å². The molecule has 104 valence electrons. The summed E-state index contributed by atoms with van der Waals surface area (Å²) in [5.41, 5.74) is 1.12. The molecule has 3 heteroatoms. The quantitative estimate of drug-likeness (QED) is 0.695. The van der Waals surface area contributed by atoms with Crippen molar-refractivity contribution in [3.8, 4) is 6.07 Å². The van der Waals surface area contributed by atoms with Crippen LogP contribution in [0.15, 0.2) is 18.2 Å². The molecule has 0 aliphatic carbocycles. The first-order chi connectivity index (χ1) is 9.21. The van der Waals surface area contributed by atoms with E-state index in [9.17, 15) is 4.39 Å². The molecule has 0 spiro atoms. The minimum absolute atomic E-state index is 0.309. The fourth-order valence-electron chi connectivity index (χ4n) is 2.02. The third-order valence-corrected chi connectivity index (χ3v) is 3.34. The number of benzene rings is 1. The molecule has 1 unspecified atom stereocenters. The highest BCUT2D eigenvalue weighted by molar-refractivity contribution is 5.37. The zero-order chi connectivity index (χ0) is 14.1. The Hall–Kier alpha value is -1.40. The van der Waals surface area contributed by atoms with Crippen molar-refractivity contribution < 1.29 is 9.13 Å². The number of hydrogen-bond acceptors (Lipinski definition) is 2. The van der Waals surface area contributed by atoms with Crippen LogP contribution < -0.4 is 0 Å². The second-order valence-corrected chi connectivity index (χ2v) is 4.84. The number of hydrogen-bond donors (Lipinski definition) is 0. The summed E-state index contributed by atoms with van der Waals surface area (Å²) in [7, 11) is 0. The number of halogens is 1. The van der Waals surface area contributed by atoms with Crippen LogP contribution in [0.25, 0.3) is 0 Å². The third-order valence-electron chi connectivity index (χ3n) is 3.34. The van der Waals surface area contributed by atoms with E-state index in [0.717, 1.165) is 6.42 Å². The maximum absolute atomic E-state index is 13.1. The van der Waals surface area contributed by atoms with Gasteiger partial charge in [0.25, 0.3) is 0 Å². The Morgan fingerprint density at radius 3 is 2.79 bits per heavy atom. The van der Waals surface area contributed by atoms with Gasteiger partial charge >= 0.3 is 0 Å². The topological polar surface area (TPSA) is 33.0 Å². The molecule has 1 atom stereocenters. The van der Waals surface area contributed by atoms with Crippen molar-refractivity contribution in [1.82, 2.24) is 0 Å². The Kier molecular flexibility index (Phi) is 7.14. The van der Waals surface area contributed by atoms with E-state index in [1.807, 2.05) is 0 Å². The van der Waals surface area contributed by atoms with Crippen molar-refractivity contribution in [2.75, 3.05) is 6.61 Å². The number of nitriles is 1. The van der Waals surface area contributed by atoms with Crippen LogP contribution in [0.1, 0.15) is 50.7 Å². The zero-order valence-electron chi connectivity index (χ0n) is 11.8. The van der Waals surface area contributed by atoms with Gasteiger partial charge < -0.3 is 4.74 Å². The van der Waals surface area contributed by atoms with E-state index in [0.29, 0.717) is 30.3 Å². The molecule has 0 heterocycles. The Bertz CT molecular complexity index is 425. The van der Waals surface area contributed by atoms with Crippen molar-refractivity contribution in [1.29, 1.82) is 5.26 Å². The average molecular weight is 263 g/mol. The molecule has 1 aromatic rings. The molecule has 2 nitrogen and oxygen atoms in total. The summed E-state index contributed by atoms with van der Waals surface area (Å²) in [6.45, 7) is 5.33. The van der Waals surface area contributed by atoms with E-state index < -0.39 is 0 Å². The number of rotatable bonds is 8. The molecule has 1 rings (SSSR count). The lowest BCUT2D eigenvalue weighted by molar-refractivity contribution is 0.0817. The minimum Gasteiger partial charge on any atom is -0.376 e. The molecule has 0 saturated carbocycles. The molecule has 0 fully saturated rings. The van der Waals surface area contributed by atoms with Crippen LogP contribution in [0.5, 0.6) is 0 Å². The van der Waals surface area contributed by atoms with Crippen molar-refractivity contribution in [2.45, 2.75) is 46.1 Å². The Morgan fingerprint density at radius 1 is 1.37 bits per heavy atom. The van der Waals surface area contributed by atoms with Gasteiger partial charge in [0.15, 0.2) is 0 Å². The van der Waals surface area contributed by atoms with Gasteiger partial charge in [-0.15, -0.1) is 0 Å². The van der Waals surface area contributed by atoms with E-state index in [1.165, 1.54) is 37.5 Å². The maximum Gasteiger partial charge on any atom is 0.123 e. The SMILES string of the molecule is CCCCC(CC)COCc1cc(F)ccc1C#N. The van der Waals surface area contributed by atoms with Gasteiger partial charge in [-0.3, -0.25) is 0 Å². The van der Waals surface area contributed by atoms with Gasteiger partial charge in [-0.1, -0.05) is 33.1 Å². The highest BCUT2D eigenvalue weighted by Gasteiger charge is 2.08. The van der Waals surface area contributed by atoms with Gasteiger partial charge in [0, 0.05) is 6.61 Å². The summed E-state index contributed by atoms with van der Waals surface area (Å²) in [5, 5.41) is 8.95. The molecule has 0 aliphatic rings. The molecular formula is C16H22FNO.